The van der Waals surface area contributed by atoms with Crippen LogP contribution in [0.5, 0.6) is 5.75 Å². The fourth-order valence-corrected chi connectivity index (χ4v) is 3.32. The van der Waals surface area contributed by atoms with Crippen LogP contribution in [0.25, 0.3) is 0 Å². The third kappa shape index (κ3) is 3.01. The van der Waals surface area contributed by atoms with Gasteiger partial charge in [-0.1, -0.05) is 34.1 Å². The molecule has 118 valence electrons. The highest BCUT2D eigenvalue weighted by atomic mass is 79.9. The van der Waals surface area contributed by atoms with Gasteiger partial charge in [0.05, 0.1) is 13.2 Å². The van der Waals surface area contributed by atoms with Crippen LogP contribution in [0, 0.1) is 0 Å². The van der Waals surface area contributed by atoms with Gasteiger partial charge in [-0.05, 0) is 35.4 Å². The Morgan fingerprint density at radius 1 is 1.26 bits per heavy atom. The third-order valence-corrected chi connectivity index (χ3v) is 4.54. The number of amides is 1. The number of rotatable bonds is 5. The number of methoxy groups -OCH3 is 1. The molecule has 0 bridgehead atoms. The number of ether oxygens (including phenoxy) is 1. The minimum Gasteiger partial charge on any atom is -0.497 e. The lowest BCUT2D eigenvalue weighted by molar-refractivity contribution is -0.108. The van der Waals surface area contributed by atoms with E-state index in [2.05, 4.69) is 15.9 Å². The summed E-state index contributed by atoms with van der Waals surface area (Å²) in [5.41, 5.74) is 2.54. The van der Waals surface area contributed by atoms with Gasteiger partial charge in [0.25, 0.3) is 5.91 Å². The van der Waals surface area contributed by atoms with Gasteiger partial charge in [0, 0.05) is 23.0 Å². The van der Waals surface area contributed by atoms with Crippen molar-refractivity contribution in [2.75, 3.05) is 7.11 Å². The summed E-state index contributed by atoms with van der Waals surface area (Å²) >= 11 is 3.40. The topological polar surface area (TPSA) is 46.6 Å². The Bertz CT molecular complexity index is 760. The van der Waals surface area contributed by atoms with E-state index in [0.29, 0.717) is 18.5 Å². The predicted molar refractivity (Wildman–Crippen MR) is 90.4 cm³/mol. The zero-order valence-electron chi connectivity index (χ0n) is 12.7. The highest BCUT2D eigenvalue weighted by Crippen LogP contribution is 2.38. The Balaban J connectivity index is 1.94. The Morgan fingerprint density at radius 2 is 2.09 bits per heavy atom. The summed E-state index contributed by atoms with van der Waals surface area (Å²) in [6.45, 7) is 0.445. The molecule has 1 heterocycles. The van der Waals surface area contributed by atoms with Gasteiger partial charge >= 0.3 is 0 Å². The maximum absolute atomic E-state index is 12.8. The molecule has 1 amide bonds. The van der Waals surface area contributed by atoms with Gasteiger partial charge in [0.2, 0.25) is 0 Å². The van der Waals surface area contributed by atoms with Gasteiger partial charge in [0.1, 0.15) is 12.0 Å². The van der Waals surface area contributed by atoms with Crippen LogP contribution in [0.1, 0.15) is 33.9 Å². The van der Waals surface area contributed by atoms with E-state index in [1.165, 1.54) is 0 Å². The SMILES string of the molecule is COc1cccc(CN2C(=O)c3cc(Br)ccc3C2CC=O)c1. The number of fused-ring (bicyclic) bond motifs is 1. The number of aldehydes is 1. The summed E-state index contributed by atoms with van der Waals surface area (Å²) in [5.74, 6) is 0.706. The summed E-state index contributed by atoms with van der Waals surface area (Å²) in [6, 6.07) is 13.0. The van der Waals surface area contributed by atoms with Crippen molar-refractivity contribution in [1.29, 1.82) is 0 Å². The first-order chi connectivity index (χ1) is 11.1. The molecule has 4 nitrogen and oxygen atoms in total. The molecule has 1 unspecified atom stereocenters. The van der Waals surface area contributed by atoms with Gasteiger partial charge in [0.15, 0.2) is 0 Å². The van der Waals surface area contributed by atoms with Crippen LogP contribution in [0.15, 0.2) is 46.9 Å². The lowest BCUT2D eigenvalue weighted by Crippen LogP contribution is -2.27. The largest absolute Gasteiger partial charge is 0.497 e. The molecule has 2 aromatic carbocycles. The van der Waals surface area contributed by atoms with E-state index in [0.717, 1.165) is 27.6 Å². The Morgan fingerprint density at radius 3 is 2.83 bits per heavy atom. The van der Waals surface area contributed by atoms with E-state index in [1.54, 1.807) is 12.0 Å². The number of carbonyl (C=O) groups is 2. The second kappa shape index (κ2) is 6.54. The number of carbonyl (C=O) groups excluding carboxylic acids is 2. The highest BCUT2D eigenvalue weighted by Gasteiger charge is 2.36. The highest BCUT2D eigenvalue weighted by molar-refractivity contribution is 9.10. The number of hydrogen-bond acceptors (Lipinski definition) is 3. The van der Waals surface area contributed by atoms with Crippen LogP contribution in [-0.2, 0) is 11.3 Å². The van der Waals surface area contributed by atoms with E-state index in [4.69, 9.17) is 4.74 Å². The van der Waals surface area contributed by atoms with Gasteiger partial charge in [-0.25, -0.2) is 0 Å². The van der Waals surface area contributed by atoms with Crippen molar-refractivity contribution in [1.82, 2.24) is 4.90 Å². The van der Waals surface area contributed by atoms with Crippen molar-refractivity contribution in [3.05, 3.63) is 63.6 Å². The van der Waals surface area contributed by atoms with Crippen LogP contribution >= 0.6 is 15.9 Å². The normalized spacial score (nSPS) is 16.3. The lowest BCUT2D eigenvalue weighted by atomic mass is 10.0. The van der Waals surface area contributed by atoms with Gasteiger partial charge < -0.3 is 14.4 Å². The molecule has 1 aliphatic rings. The molecule has 2 aromatic rings. The molecule has 0 spiro atoms. The molecule has 0 saturated carbocycles. The lowest BCUT2D eigenvalue weighted by Gasteiger charge is -2.24. The minimum atomic E-state index is -0.214. The third-order valence-electron chi connectivity index (χ3n) is 4.05. The molecule has 0 fully saturated rings. The summed E-state index contributed by atoms with van der Waals surface area (Å²) in [6.07, 6.45) is 1.16. The minimum absolute atomic E-state index is 0.0454. The molecule has 0 aromatic heterocycles. The fourth-order valence-electron chi connectivity index (χ4n) is 2.96. The second-order valence-corrected chi connectivity index (χ2v) is 6.35. The average Bonchev–Trinajstić information content (AvgIpc) is 2.81. The molecule has 5 heteroatoms. The maximum Gasteiger partial charge on any atom is 0.255 e. The fraction of sp³-hybridized carbons (Fsp3) is 0.222. The van der Waals surface area contributed by atoms with E-state index in [9.17, 15) is 9.59 Å². The van der Waals surface area contributed by atoms with E-state index < -0.39 is 0 Å². The van der Waals surface area contributed by atoms with Crippen molar-refractivity contribution < 1.29 is 14.3 Å². The van der Waals surface area contributed by atoms with Crippen molar-refractivity contribution in [3.8, 4) is 5.75 Å². The molecule has 0 N–H and O–H groups in total. The number of nitrogens with zero attached hydrogens (tertiary/aromatic N) is 1. The molecular formula is C18H16BrNO3. The molecule has 23 heavy (non-hydrogen) atoms. The summed E-state index contributed by atoms with van der Waals surface area (Å²) in [7, 11) is 1.61. The maximum atomic E-state index is 12.8. The van der Waals surface area contributed by atoms with E-state index in [-0.39, 0.29) is 11.9 Å². The quantitative estimate of drug-likeness (QED) is 0.749. The molecule has 0 radical (unpaired) electrons. The number of halogens is 1. The zero-order chi connectivity index (χ0) is 16.4. The summed E-state index contributed by atoms with van der Waals surface area (Å²) in [5, 5.41) is 0. The monoisotopic (exact) mass is 373 g/mol. The second-order valence-electron chi connectivity index (χ2n) is 5.43. The number of benzene rings is 2. The first-order valence-corrected chi connectivity index (χ1v) is 8.10. The Labute approximate surface area is 143 Å². The van der Waals surface area contributed by atoms with Crippen LogP contribution in [0.4, 0.5) is 0 Å². The zero-order valence-corrected chi connectivity index (χ0v) is 14.2. The first-order valence-electron chi connectivity index (χ1n) is 7.31. The first kappa shape index (κ1) is 15.7. The average molecular weight is 374 g/mol. The van der Waals surface area contributed by atoms with Crippen molar-refractivity contribution in [3.63, 3.8) is 0 Å². The Hall–Kier alpha value is -2.14. The van der Waals surface area contributed by atoms with Crippen molar-refractivity contribution >= 4 is 28.1 Å². The molecular weight excluding hydrogens is 358 g/mol. The van der Waals surface area contributed by atoms with Crippen LogP contribution in [-0.4, -0.2) is 24.2 Å². The molecule has 3 rings (SSSR count). The van der Waals surface area contributed by atoms with Crippen LogP contribution in [0.2, 0.25) is 0 Å². The molecule has 0 aliphatic carbocycles. The van der Waals surface area contributed by atoms with Crippen molar-refractivity contribution in [2.45, 2.75) is 19.0 Å². The van der Waals surface area contributed by atoms with Crippen molar-refractivity contribution in [2.24, 2.45) is 0 Å². The smallest absolute Gasteiger partial charge is 0.255 e. The standard InChI is InChI=1S/C18H16BrNO3/c1-23-14-4-2-3-12(9-14)11-20-17(7-8-21)15-6-5-13(19)10-16(15)18(20)22/h2-6,8-10,17H,7,11H2,1H3. The summed E-state index contributed by atoms with van der Waals surface area (Å²) < 4.78 is 6.09. The van der Waals surface area contributed by atoms with E-state index in [1.807, 2.05) is 42.5 Å². The predicted octanol–water partition coefficient (Wildman–Crippen LogP) is 3.74. The van der Waals surface area contributed by atoms with Gasteiger partial charge in [-0.15, -0.1) is 0 Å². The van der Waals surface area contributed by atoms with Gasteiger partial charge in [-0.2, -0.15) is 0 Å². The van der Waals surface area contributed by atoms with Gasteiger partial charge in [-0.3, -0.25) is 4.79 Å². The van der Waals surface area contributed by atoms with Crippen LogP contribution in [0.3, 0.4) is 0 Å². The molecule has 1 aliphatic heterocycles. The van der Waals surface area contributed by atoms with E-state index >= 15 is 0 Å². The molecule has 0 saturated heterocycles. The molecule has 1 atom stereocenters. The Kier molecular flexibility index (Phi) is 4.48. The number of hydrogen-bond donors (Lipinski definition) is 0. The summed E-state index contributed by atoms with van der Waals surface area (Å²) in [4.78, 5) is 25.6. The van der Waals surface area contributed by atoms with Crippen LogP contribution < -0.4 is 4.74 Å².